The van der Waals surface area contributed by atoms with Crippen LogP contribution in [-0.4, -0.2) is 27.9 Å². The van der Waals surface area contributed by atoms with E-state index in [1.54, 1.807) is 20.8 Å². The molecule has 0 aromatic carbocycles. The van der Waals surface area contributed by atoms with Crippen LogP contribution in [0.2, 0.25) is 0 Å². The number of hydrogen-bond acceptors (Lipinski definition) is 3. The van der Waals surface area contributed by atoms with Gasteiger partial charge in [-0.2, -0.15) is 23.5 Å². The average molecular weight is 302 g/mol. The van der Waals surface area contributed by atoms with Gasteiger partial charge in [0.1, 0.15) is 6.04 Å². The van der Waals surface area contributed by atoms with Gasteiger partial charge >= 0.3 is 6.18 Å². The highest BCUT2D eigenvalue weighted by atomic mass is 19.4. The van der Waals surface area contributed by atoms with Crippen molar-refractivity contribution in [2.45, 2.75) is 46.0 Å². The Morgan fingerprint density at radius 1 is 1.48 bits per heavy atom. The Balaban J connectivity index is 2.68. The summed E-state index contributed by atoms with van der Waals surface area (Å²) < 4.78 is 37.4. The second kappa shape index (κ2) is 6.16. The number of halogens is 3. The molecule has 0 bridgehead atoms. The summed E-state index contributed by atoms with van der Waals surface area (Å²) in [5.74, 6) is -0.533. The molecule has 5 nitrogen and oxygen atoms in total. The maximum absolute atomic E-state index is 12.1. The third-order valence-electron chi connectivity index (χ3n) is 2.79. The van der Waals surface area contributed by atoms with Crippen LogP contribution in [0.5, 0.6) is 0 Å². The molecule has 1 amide bonds. The second-order valence-corrected chi connectivity index (χ2v) is 5.76. The molecule has 0 saturated heterocycles. The van der Waals surface area contributed by atoms with Gasteiger partial charge in [-0.25, -0.2) is 0 Å². The van der Waals surface area contributed by atoms with E-state index in [1.165, 1.54) is 12.4 Å². The molecule has 1 atom stereocenters. The van der Waals surface area contributed by atoms with Crippen molar-refractivity contribution in [3.8, 4) is 6.07 Å². The van der Waals surface area contributed by atoms with E-state index in [0.29, 0.717) is 0 Å². The number of rotatable bonds is 4. The predicted molar refractivity (Wildman–Crippen MR) is 69.2 cm³/mol. The minimum absolute atomic E-state index is 0.127. The summed E-state index contributed by atoms with van der Waals surface area (Å²) in [6, 6.07) is 1.28. The fourth-order valence-electron chi connectivity index (χ4n) is 1.50. The minimum Gasteiger partial charge on any atom is -0.336 e. The standard InChI is InChI=1S/C13H17F3N4O/c1-12(2,3)10(6-17)19-11(21)9-7-18-20(8-9)5-4-13(14,15)16/h7-8,10H,4-5H2,1-3H3,(H,19,21)/t10-/m1/s1. The number of carbonyl (C=O) groups excluding carboxylic acids is 1. The molecule has 21 heavy (non-hydrogen) atoms. The van der Waals surface area contributed by atoms with Crippen LogP contribution < -0.4 is 5.32 Å². The smallest absolute Gasteiger partial charge is 0.336 e. The molecule has 1 N–H and O–H groups in total. The number of alkyl halides is 3. The van der Waals surface area contributed by atoms with Gasteiger partial charge < -0.3 is 5.32 Å². The van der Waals surface area contributed by atoms with E-state index in [9.17, 15) is 18.0 Å². The zero-order valence-electron chi connectivity index (χ0n) is 12.0. The van der Waals surface area contributed by atoms with Crippen LogP contribution >= 0.6 is 0 Å². The fraction of sp³-hybridized carbons (Fsp3) is 0.615. The van der Waals surface area contributed by atoms with Crippen molar-refractivity contribution in [1.82, 2.24) is 15.1 Å². The zero-order chi connectivity index (χ0) is 16.3. The first kappa shape index (κ1) is 17.0. The van der Waals surface area contributed by atoms with Crippen molar-refractivity contribution in [3.63, 3.8) is 0 Å². The van der Waals surface area contributed by atoms with Crippen LogP contribution in [0.4, 0.5) is 13.2 Å². The molecular formula is C13H17F3N4O. The summed E-state index contributed by atoms with van der Waals surface area (Å²) in [6.07, 6.45) is -2.87. The molecule has 0 radical (unpaired) electrons. The number of aryl methyl sites for hydroxylation is 1. The van der Waals surface area contributed by atoms with Gasteiger partial charge in [-0.05, 0) is 5.41 Å². The van der Waals surface area contributed by atoms with Crippen LogP contribution in [0.15, 0.2) is 12.4 Å². The van der Waals surface area contributed by atoms with Gasteiger partial charge in [0.25, 0.3) is 5.91 Å². The van der Waals surface area contributed by atoms with Crippen molar-refractivity contribution in [2.24, 2.45) is 5.41 Å². The lowest BCUT2D eigenvalue weighted by atomic mass is 9.87. The average Bonchev–Trinajstić information content (AvgIpc) is 2.79. The minimum atomic E-state index is -4.27. The predicted octanol–water partition coefficient (Wildman–Crippen LogP) is 2.50. The summed E-state index contributed by atoms with van der Waals surface area (Å²) >= 11 is 0. The van der Waals surface area contributed by atoms with Crippen molar-refractivity contribution in [3.05, 3.63) is 18.0 Å². The van der Waals surface area contributed by atoms with Gasteiger partial charge in [-0.1, -0.05) is 20.8 Å². The molecule has 1 aromatic rings. The lowest BCUT2D eigenvalue weighted by Gasteiger charge is -2.25. The van der Waals surface area contributed by atoms with E-state index in [0.717, 1.165) is 4.68 Å². The highest BCUT2D eigenvalue weighted by molar-refractivity contribution is 5.94. The van der Waals surface area contributed by atoms with Crippen molar-refractivity contribution < 1.29 is 18.0 Å². The summed E-state index contributed by atoms with van der Waals surface area (Å²) in [6.45, 7) is 5.05. The highest BCUT2D eigenvalue weighted by Gasteiger charge is 2.28. The first-order chi connectivity index (χ1) is 9.53. The van der Waals surface area contributed by atoms with Crippen molar-refractivity contribution in [1.29, 1.82) is 5.26 Å². The lowest BCUT2D eigenvalue weighted by molar-refractivity contribution is -0.137. The lowest BCUT2D eigenvalue weighted by Crippen LogP contribution is -2.42. The zero-order valence-corrected chi connectivity index (χ0v) is 12.0. The Bertz CT molecular complexity index is 537. The molecule has 1 heterocycles. The van der Waals surface area contributed by atoms with Crippen LogP contribution in [0.1, 0.15) is 37.6 Å². The van der Waals surface area contributed by atoms with Crippen LogP contribution in [0.3, 0.4) is 0 Å². The Morgan fingerprint density at radius 3 is 2.57 bits per heavy atom. The molecule has 8 heteroatoms. The van der Waals surface area contributed by atoms with E-state index < -0.39 is 30.0 Å². The number of aromatic nitrogens is 2. The van der Waals surface area contributed by atoms with E-state index in [4.69, 9.17) is 5.26 Å². The van der Waals surface area contributed by atoms with Crippen LogP contribution in [0.25, 0.3) is 0 Å². The first-order valence-corrected chi connectivity index (χ1v) is 6.32. The summed E-state index contributed by atoms with van der Waals surface area (Å²) in [7, 11) is 0. The first-order valence-electron chi connectivity index (χ1n) is 6.32. The topological polar surface area (TPSA) is 70.7 Å². The SMILES string of the molecule is CC(C)(C)[C@@H](C#N)NC(=O)c1cnn(CCC(F)(F)F)c1. The molecule has 116 valence electrons. The van der Waals surface area contributed by atoms with Gasteiger partial charge in [0, 0.05) is 12.7 Å². The largest absolute Gasteiger partial charge is 0.390 e. The number of nitrogens with zero attached hydrogens (tertiary/aromatic N) is 3. The van der Waals surface area contributed by atoms with Crippen molar-refractivity contribution >= 4 is 5.91 Å². The summed E-state index contributed by atoms with van der Waals surface area (Å²) in [5, 5.41) is 15.3. The van der Waals surface area contributed by atoms with Gasteiger partial charge in [0.05, 0.1) is 24.3 Å². The van der Waals surface area contributed by atoms with E-state index in [2.05, 4.69) is 10.4 Å². The number of nitrogens with one attached hydrogen (secondary N) is 1. The molecule has 0 unspecified atom stereocenters. The number of carbonyl (C=O) groups is 1. The number of amides is 1. The Kier molecular flexibility index (Phi) is 4.99. The maximum Gasteiger partial charge on any atom is 0.390 e. The third-order valence-corrected chi connectivity index (χ3v) is 2.79. The number of hydrogen-bond donors (Lipinski definition) is 1. The van der Waals surface area contributed by atoms with E-state index in [-0.39, 0.29) is 12.1 Å². The Morgan fingerprint density at radius 2 is 2.10 bits per heavy atom. The van der Waals surface area contributed by atoms with Gasteiger partial charge in [0.2, 0.25) is 0 Å². The van der Waals surface area contributed by atoms with E-state index >= 15 is 0 Å². The molecule has 0 spiro atoms. The monoisotopic (exact) mass is 302 g/mol. The molecule has 0 saturated carbocycles. The molecule has 0 fully saturated rings. The van der Waals surface area contributed by atoms with Gasteiger partial charge in [-0.3, -0.25) is 9.48 Å². The normalized spacial score (nSPS) is 13.6. The summed E-state index contributed by atoms with van der Waals surface area (Å²) in [5.41, 5.74) is -0.321. The van der Waals surface area contributed by atoms with Gasteiger partial charge in [0.15, 0.2) is 0 Å². The third kappa shape index (κ3) is 5.45. The Labute approximate surface area is 120 Å². The van der Waals surface area contributed by atoms with Crippen LogP contribution in [0, 0.1) is 16.7 Å². The quantitative estimate of drug-likeness (QED) is 0.929. The molecule has 0 aliphatic rings. The maximum atomic E-state index is 12.1. The van der Waals surface area contributed by atoms with E-state index in [1.807, 2.05) is 6.07 Å². The fourth-order valence-corrected chi connectivity index (χ4v) is 1.50. The summed E-state index contributed by atoms with van der Waals surface area (Å²) in [4.78, 5) is 11.9. The molecule has 0 aliphatic carbocycles. The second-order valence-electron chi connectivity index (χ2n) is 5.76. The van der Waals surface area contributed by atoms with Gasteiger partial charge in [-0.15, -0.1) is 0 Å². The molecule has 0 aliphatic heterocycles. The molecular weight excluding hydrogens is 285 g/mol. The molecule has 1 rings (SSSR count). The van der Waals surface area contributed by atoms with Crippen LogP contribution in [-0.2, 0) is 6.54 Å². The Hall–Kier alpha value is -2.04. The highest BCUT2D eigenvalue weighted by Crippen LogP contribution is 2.20. The molecule has 1 aromatic heterocycles. The number of nitriles is 1. The van der Waals surface area contributed by atoms with Crippen molar-refractivity contribution in [2.75, 3.05) is 0 Å².